The van der Waals surface area contributed by atoms with E-state index in [1.807, 2.05) is 0 Å². The number of hydrazone groups is 1. The predicted molar refractivity (Wildman–Crippen MR) is 112 cm³/mol. The van der Waals surface area contributed by atoms with Crippen molar-refractivity contribution in [3.8, 4) is 17.2 Å². The van der Waals surface area contributed by atoms with Crippen molar-refractivity contribution < 1.29 is 23.8 Å². The molecule has 30 heavy (non-hydrogen) atoms. The molecule has 0 fully saturated rings. The van der Waals surface area contributed by atoms with Gasteiger partial charge in [-0.1, -0.05) is 12.1 Å². The van der Waals surface area contributed by atoms with Crippen LogP contribution in [0.3, 0.4) is 0 Å². The number of rotatable bonds is 7. The van der Waals surface area contributed by atoms with Crippen LogP contribution in [0.15, 0.2) is 77.9 Å². The molecule has 0 spiro atoms. The highest BCUT2D eigenvalue weighted by Crippen LogP contribution is 2.16. The molecule has 0 saturated heterocycles. The Kier molecular flexibility index (Phi) is 6.78. The number of carbonyl (C=O) groups excluding carboxylic acids is 2. The number of ether oxygens (including phenoxy) is 3. The molecular weight excluding hydrogens is 384 g/mol. The Bertz CT molecular complexity index is 1040. The second kappa shape index (κ2) is 9.88. The molecule has 3 aromatic carbocycles. The third kappa shape index (κ3) is 5.45. The Balaban J connectivity index is 1.60. The molecule has 0 saturated carbocycles. The Labute approximate surface area is 173 Å². The van der Waals surface area contributed by atoms with Crippen LogP contribution in [0.5, 0.6) is 17.2 Å². The van der Waals surface area contributed by atoms with Crippen molar-refractivity contribution in [1.29, 1.82) is 0 Å². The van der Waals surface area contributed by atoms with Gasteiger partial charge in [0.1, 0.15) is 17.2 Å². The lowest BCUT2D eigenvalue weighted by molar-refractivity contribution is 0.0734. The highest BCUT2D eigenvalue weighted by atomic mass is 16.5. The first-order valence-corrected chi connectivity index (χ1v) is 9.03. The average molecular weight is 404 g/mol. The van der Waals surface area contributed by atoms with E-state index in [1.54, 1.807) is 87.0 Å². The molecule has 0 heterocycles. The fraction of sp³-hybridized carbons (Fsp3) is 0.0870. The van der Waals surface area contributed by atoms with E-state index < -0.39 is 5.97 Å². The van der Waals surface area contributed by atoms with Crippen molar-refractivity contribution in [2.24, 2.45) is 5.10 Å². The van der Waals surface area contributed by atoms with Gasteiger partial charge in [0.05, 0.1) is 26.0 Å². The SMILES string of the molecule is COc1ccc(C(=O)N/N=C/c2cccc(OC(=O)c3ccc(OC)cc3)c2)cc1. The van der Waals surface area contributed by atoms with Crippen molar-refractivity contribution >= 4 is 18.1 Å². The molecule has 152 valence electrons. The number of nitrogens with one attached hydrogen (secondary N) is 1. The molecule has 1 N–H and O–H groups in total. The van der Waals surface area contributed by atoms with E-state index in [4.69, 9.17) is 14.2 Å². The van der Waals surface area contributed by atoms with E-state index in [0.717, 1.165) is 0 Å². The van der Waals surface area contributed by atoms with Gasteiger partial charge in [-0.2, -0.15) is 5.10 Å². The summed E-state index contributed by atoms with van der Waals surface area (Å²) >= 11 is 0. The minimum Gasteiger partial charge on any atom is -0.497 e. The van der Waals surface area contributed by atoms with Crippen LogP contribution >= 0.6 is 0 Å². The monoisotopic (exact) mass is 404 g/mol. The highest BCUT2D eigenvalue weighted by molar-refractivity contribution is 5.95. The summed E-state index contributed by atoms with van der Waals surface area (Å²) in [5.74, 6) is 0.842. The van der Waals surface area contributed by atoms with Crippen LogP contribution in [-0.4, -0.2) is 32.3 Å². The predicted octanol–water partition coefficient (Wildman–Crippen LogP) is 3.69. The summed E-state index contributed by atoms with van der Waals surface area (Å²) in [6.07, 6.45) is 1.46. The van der Waals surface area contributed by atoms with Gasteiger partial charge in [-0.3, -0.25) is 4.79 Å². The number of hydrogen-bond acceptors (Lipinski definition) is 6. The van der Waals surface area contributed by atoms with Gasteiger partial charge < -0.3 is 14.2 Å². The second-order valence-corrected chi connectivity index (χ2v) is 6.12. The first-order chi connectivity index (χ1) is 14.6. The first kappa shape index (κ1) is 20.6. The third-order valence-corrected chi connectivity index (χ3v) is 4.13. The topological polar surface area (TPSA) is 86.2 Å². The largest absolute Gasteiger partial charge is 0.497 e. The van der Waals surface area contributed by atoms with Crippen LogP contribution in [0.4, 0.5) is 0 Å². The summed E-state index contributed by atoms with van der Waals surface area (Å²) in [5.41, 5.74) is 3.97. The second-order valence-electron chi connectivity index (χ2n) is 6.12. The Morgan fingerprint density at radius 2 is 1.40 bits per heavy atom. The standard InChI is InChI=1S/C23H20N2O5/c1-28-19-10-6-17(7-11-19)22(26)25-24-15-16-4-3-5-21(14-16)30-23(27)18-8-12-20(29-2)13-9-18/h3-15H,1-2H3,(H,25,26)/b24-15+. The maximum Gasteiger partial charge on any atom is 0.343 e. The molecule has 3 rings (SSSR count). The normalized spacial score (nSPS) is 10.5. The summed E-state index contributed by atoms with van der Waals surface area (Å²) in [6, 6.07) is 20.1. The van der Waals surface area contributed by atoms with E-state index >= 15 is 0 Å². The molecule has 0 radical (unpaired) electrons. The fourth-order valence-electron chi connectivity index (χ4n) is 2.52. The van der Waals surface area contributed by atoms with Gasteiger partial charge in [0.25, 0.3) is 5.91 Å². The summed E-state index contributed by atoms with van der Waals surface area (Å²) in [5, 5.41) is 3.95. The molecule has 0 aromatic heterocycles. The van der Waals surface area contributed by atoms with E-state index in [1.165, 1.54) is 6.21 Å². The molecule has 0 bridgehead atoms. The number of methoxy groups -OCH3 is 2. The van der Waals surface area contributed by atoms with Gasteiger partial charge in [0.2, 0.25) is 0 Å². The van der Waals surface area contributed by atoms with Gasteiger partial charge in [-0.25, -0.2) is 10.2 Å². The van der Waals surface area contributed by atoms with E-state index in [9.17, 15) is 9.59 Å². The smallest absolute Gasteiger partial charge is 0.343 e. The highest BCUT2D eigenvalue weighted by Gasteiger charge is 2.09. The van der Waals surface area contributed by atoms with Crippen molar-refractivity contribution in [2.75, 3.05) is 14.2 Å². The molecule has 7 nitrogen and oxygen atoms in total. The summed E-state index contributed by atoms with van der Waals surface area (Å²) < 4.78 is 15.5. The Morgan fingerprint density at radius 3 is 2.00 bits per heavy atom. The van der Waals surface area contributed by atoms with Crippen LogP contribution in [0.2, 0.25) is 0 Å². The van der Waals surface area contributed by atoms with Crippen molar-refractivity contribution in [2.45, 2.75) is 0 Å². The average Bonchev–Trinajstić information content (AvgIpc) is 2.79. The van der Waals surface area contributed by atoms with Crippen LogP contribution in [0.1, 0.15) is 26.3 Å². The fourth-order valence-corrected chi connectivity index (χ4v) is 2.52. The van der Waals surface area contributed by atoms with Gasteiger partial charge in [-0.05, 0) is 66.2 Å². The zero-order valence-corrected chi connectivity index (χ0v) is 16.5. The van der Waals surface area contributed by atoms with Crippen molar-refractivity contribution in [1.82, 2.24) is 5.43 Å². The summed E-state index contributed by atoms with van der Waals surface area (Å²) in [7, 11) is 3.11. The van der Waals surface area contributed by atoms with Crippen molar-refractivity contribution in [3.63, 3.8) is 0 Å². The third-order valence-electron chi connectivity index (χ3n) is 4.13. The summed E-state index contributed by atoms with van der Waals surface area (Å²) in [4.78, 5) is 24.4. The molecule has 0 atom stereocenters. The first-order valence-electron chi connectivity index (χ1n) is 9.03. The lowest BCUT2D eigenvalue weighted by Crippen LogP contribution is -2.17. The van der Waals surface area contributed by atoms with Gasteiger partial charge in [0, 0.05) is 5.56 Å². The van der Waals surface area contributed by atoms with Crippen LogP contribution in [-0.2, 0) is 0 Å². The lowest BCUT2D eigenvalue weighted by atomic mass is 10.2. The number of carbonyl (C=O) groups is 2. The zero-order chi connectivity index (χ0) is 21.3. The Morgan fingerprint density at radius 1 is 0.800 bits per heavy atom. The minimum absolute atomic E-state index is 0.351. The summed E-state index contributed by atoms with van der Waals surface area (Å²) in [6.45, 7) is 0. The molecule has 3 aromatic rings. The number of amides is 1. The van der Waals surface area contributed by atoms with Crippen LogP contribution < -0.4 is 19.6 Å². The maximum absolute atomic E-state index is 12.3. The van der Waals surface area contributed by atoms with Gasteiger partial charge in [-0.15, -0.1) is 0 Å². The molecule has 0 aliphatic rings. The van der Waals surface area contributed by atoms with Crippen LogP contribution in [0, 0.1) is 0 Å². The lowest BCUT2D eigenvalue weighted by Gasteiger charge is -2.06. The maximum atomic E-state index is 12.3. The number of benzene rings is 3. The Hall–Kier alpha value is -4.13. The molecule has 0 aliphatic carbocycles. The van der Waals surface area contributed by atoms with E-state index in [-0.39, 0.29) is 5.91 Å². The van der Waals surface area contributed by atoms with Gasteiger partial charge >= 0.3 is 5.97 Å². The van der Waals surface area contributed by atoms with Gasteiger partial charge in [0.15, 0.2) is 0 Å². The number of nitrogens with zero attached hydrogens (tertiary/aromatic N) is 1. The van der Waals surface area contributed by atoms with E-state index in [2.05, 4.69) is 10.5 Å². The van der Waals surface area contributed by atoms with Crippen molar-refractivity contribution in [3.05, 3.63) is 89.5 Å². The zero-order valence-electron chi connectivity index (χ0n) is 16.5. The van der Waals surface area contributed by atoms with Crippen LogP contribution in [0.25, 0.3) is 0 Å². The number of esters is 1. The van der Waals surface area contributed by atoms with E-state index in [0.29, 0.717) is 33.9 Å². The molecule has 1 amide bonds. The quantitative estimate of drug-likeness (QED) is 0.281. The molecule has 0 unspecified atom stereocenters. The number of hydrogen-bond donors (Lipinski definition) is 1. The molecule has 7 heteroatoms. The molecular formula is C23H20N2O5. The minimum atomic E-state index is -0.487. The molecule has 0 aliphatic heterocycles.